The minimum absolute atomic E-state index is 0.893. The highest BCUT2D eigenvalue weighted by Gasteiger charge is 2.25. The van der Waals surface area contributed by atoms with Crippen molar-refractivity contribution in [2.45, 2.75) is 0 Å². The van der Waals surface area contributed by atoms with Crippen molar-refractivity contribution in [2.75, 3.05) is 0 Å². The largest absolute Gasteiger partial charge is 0.219 e. The highest BCUT2D eigenvalue weighted by Crippen LogP contribution is 2.51. The third kappa shape index (κ3) is 2.27. The van der Waals surface area contributed by atoms with Crippen LogP contribution < -0.4 is 0 Å². The Labute approximate surface area is 254 Å². The van der Waals surface area contributed by atoms with Crippen molar-refractivity contribution in [3.8, 4) is 16.9 Å². The molecule has 0 N–H and O–H groups in total. The van der Waals surface area contributed by atoms with E-state index in [9.17, 15) is 0 Å². The normalized spacial score (nSPS) is 13.3. The quantitative estimate of drug-likeness (QED) is 0.195. The topological polar surface area (TPSA) is 30.7 Å². The predicted octanol–water partition coefficient (Wildman–Crippen LogP) is 11.1. The van der Waals surface area contributed by atoms with Crippen LogP contribution >= 0.6 is 0 Å². The van der Waals surface area contributed by atoms with Gasteiger partial charge in [-0.15, -0.1) is 5.10 Å². The van der Waals surface area contributed by atoms with E-state index in [0.29, 0.717) is 0 Å². The second-order valence-electron chi connectivity index (χ2n) is 13.0. The van der Waals surface area contributed by atoms with Crippen LogP contribution in [0.25, 0.3) is 125 Å². The van der Waals surface area contributed by atoms with Crippen LogP contribution in [0.3, 0.4) is 0 Å². The summed E-state index contributed by atoms with van der Waals surface area (Å²) in [6.07, 6.45) is 2.13. The average Bonchev–Trinajstić information content (AvgIpc) is 3.82. The van der Waals surface area contributed by atoms with Gasteiger partial charge in [-0.1, -0.05) is 102 Å². The molecule has 0 atom stereocenters. The summed E-state index contributed by atoms with van der Waals surface area (Å²) >= 11 is 0. The standard InChI is InChI=1S/C42H19N3/c1-3-22-9-11-26-17-30(28-15-13-24-7-5-20(1)33-35(22)39(26)41(28)37(24)33)31-19-45(44-43-31)32-18-27-12-10-23-4-2-21-6-8-25-14-16-29(32)42-38(25)34(21)36(23)40(27)42/h1-19H. The summed E-state index contributed by atoms with van der Waals surface area (Å²) in [5, 5.41) is 36.2. The Bertz CT molecular complexity index is 3000. The first-order chi connectivity index (χ1) is 22.3. The van der Waals surface area contributed by atoms with E-state index in [4.69, 9.17) is 10.3 Å². The SMILES string of the molecule is c1cc2ccc3cc(-c4cn(-c5cc6ccc7ccc8ccc9ccc5c5c9c8c7c65)nn4)c4ccc5ccc1c1c2c3c4c51. The van der Waals surface area contributed by atoms with Crippen LogP contribution in [0.1, 0.15) is 0 Å². The monoisotopic (exact) mass is 565 g/mol. The zero-order valence-corrected chi connectivity index (χ0v) is 23.8. The summed E-state index contributed by atoms with van der Waals surface area (Å²) in [7, 11) is 0. The Morgan fingerprint density at radius 3 is 1.27 bits per heavy atom. The summed E-state index contributed by atoms with van der Waals surface area (Å²) < 4.78 is 2.00. The van der Waals surface area contributed by atoms with Crippen molar-refractivity contribution in [3.63, 3.8) is 0 Å². The summed E-state index contributed by atoms with van der Waals surface area (Å²) in [6, 6.07) is 40.9. The van der Waals surface area contributed by atoms with Crippen LogP contribution in [0.5, 0.6) is 0 Å². The van der Waals surface area contributed by atoms with E-state index in [0.717, 1.165) is 16.9 Å². The minimum Gasteiger partial charge on any atom is -0.219 e. The van der Waals surface area contributed by atoms with Gasteiger partial charge in [-0.25, -0.2) is 4.68 Å². The van der Waals surface area contributed by atoms with Crippen molar-refractivity contribution >= 4 is 108 Å². The Morgan fingerprint density at radius 2 is 0.733 bits per heavy atom. The molecule has 1 aromatic heterocycles. The van der Waals surface area contributed by atoms with Crippen molar-refractivity contribution in [1.29, 1.82) is 0 Å². The van der Waals surface area contributed by atoms with Crippen molar-refractivity contribution in [2.24, 2.45) is 0 Å². The number of hydrogen-bond acceptors (Lipinski definition) is 2. The Balaban J connectivity index is 1.12. The molecule has 0 aliphatic heterocycles. The minimum atomic E-state index is 0.893. The maximum atomic E-state index is 4.85. The van der Waals surface area contributed by atoms with Gasteiger partial charge in [0.15, 0.2) is 0 Å². The lowest BCUT2D eigenvalue weighted by Gasteiger charge is -2.11. The molecule has 12 aromatic carbocycles. The molecule has 0 spiro atoms. The van der Waals surface area contributed by atoms with Crippen LogP contribution in [-0.4, -0.2) is 15.0 Å². The molecule has 0 saturated carbocycles. The molecule has 13 rings (SSSR count). The second kappa shape index (κ2) is 6.85. The highest BCUT2D eigenvalue weighted by molar-refractivity contribution is 6.46. The van der Waals surface area contributed by atoms with E-state index in [1.54, 1.807) is 0 Å². The zero-order chi connectivity index (χ0) is 28.7. The first kappa shape index (κ1) is 21.6. The smallest absolute Gasteiger partial charge is 0.114 e. The maximum absolute atomic E-state index is 4.85. The fourth-order valence-corrected chi connectivity index (χ4v) is 9.23. The Kier molecular flexibility index (Phi) is 3.29. The number of benzene rings is 10. The first-order valence-corrected chi connectivity index (χ1v) is 15.6. The van der Waals surface area contributed by atoms with E-state index < -0.39 is 0 Å². The zero-order valence-electron chi connectivity index (χ0n) is 23.8. The van der Waals surface area contributed by atoms with Crippen LogP contribution in [0, 0.1) is 0 Å². The summed E-state index contributed by atoms with van der Waals surface area (Å²) in [5.74, 6) is 0. The molecule has 3 heteroatoms. The molecule has 45 heavy (non-hydrogen) atoms. The Morgan fingerprint density at radius 1 is 0.356 bits per heavy atom. The van der Waals surface area contributed by atoms with Gasteiger partial charge < -0.3 is 0 Å². The highest BCUT2D eigenvalue weighted by atomic mass is 15.4. The van der Waals surface area contributed by atoms with Gasteiger partial charge >= 0.3 is 0 Å². The fraction of sp³-hybridized carbons (Fsp3) is 0. The molecule has 13 aromatic rings. The molecular weight excluding hydrogens is 546 g/mol. The van der Waals surface area contributed by atoms with Gasteiger partial charge in [0.1, 0.15) is 5.69 Å². The molecule has 0 unspecified atom stereocenters. The van der Waals surface area contributed by atoms with Crippen LogP contribution in [0.2, 0.25) is 0 Å². The molecule has 0 amide bonds. The Hall–Kier alpha value is -6.06. The molecule has 0 bridgehead atoms. The molecule has 0 radical (unpaired) electrons. The molecule has 0 fully saturated rings. The van der Waals surface area contributed by atoms with Gasteiger partial charge in [-0.05, 0) is 109 Å². The van der Waals surface area contributed by atoms with Crippen LogP contribution in [0.4, 0.5) is 0 Å². The van der Waals surface area contributed by atoms with E-state index in [2.05, 4.69) is 115 Å². The van der Waals surface area contributed by atoms with Gasteiger partial charge in [-0.2, -0.15) is 0 Å². The number of nitrogens with zero attached hydrogens (tertiary/aromatic N) is 3. The van der Waals surface area contributed by atoms with Crippen molar-refractivity contribution in [3.05, 3.63) is 115 Å². The summed E-state index contributed by atoms with van der Waals surface area (Å²) in [6.45, 7) is 0. The fourth-order valence-electron chi connectivity index (χ4n) is 9.23. The maximum Gasteiger partial charge on any atom is 0.114 e. The van der Waals surface area contributed by atoms with Gasteiger partial charge in [0.2, 0.25) is 0 Å². The van der Waals surface area contributed by atoms with Crippen LogP contribution in [-0.2, 0) is 0 Å². The molecule has 0 saturated heterocycles. The van der Waals surface area contributed by atoms with Gasteiger partial charge in [-0.3, -0.25) is 0 Å². The van der Waals surface area contributed by atoms with Gasteiger partial charge in [0.05, 0.1) is 11.9 Å². The van der Waals surface area contributed by atoms with Gasteiger partial charge in [0.25, 0.3) is 0 Å². The average molecular weight is 566 g/mol. The lowest BCUT2D eigenvalue weighted by Crippen LogP contribution is -1.96. The number of hydrogen-bond donors (Lipinski definition) is 0. The van der Waals surface area contributed by atoms with Gasteiger partial charge in [0, 0.05) is 16.3 Å². The summed E-state index contributed by atoms with van der Waals surface area (Å²) in [4.78, 5) is 0. The molecular formula is C42H19N3. The molecule has 202 valence electrons. The third-order valence-corrected chi connectivity index (χ3v) is 11.0. The number of rotatable bonds is 2. The van der Waals surface area contributed by atoms with E-state index in [1.807, 2.05) is 4.68 Å². The predicted molar refractivity (Wildman–Crippen MR) is 189 cm³/mol. The molecule has 3 nitrogen and oxygen atoms in total. The lowest BCUT2D eigenvalue weighted by molar-refractivity contribution is 0.809. The second-order valence-corrected chi connectivity index (χ2v) is 13.0. The molecule has 0 aliphatic rings. The van der Waals surface area contributed by atoms with Crippen molar-refractivity contribution in [1.82, 2.24) is 15.0 Å². The van der Waals surface area contributed by atoms with E-state index in [1.165, 1.54) is 108 Å². The van der Waals surface area contributed by atoms with E-state index >= 15 is 0 Å². The molecule has 0 aliphatic carbocycles. The number of aromatic nitrogens is 3. The molecule has 1 heterocycles. The van der Waals surface area contributed by atoms with Crippen molar-refractivity contribution < 1.29 is 0 Å². The lowest BCUT2D eigenvalue weighted by atomic mass is 9.94. The third-order valence-electron chi connectivity index (χ3n) is 11.0. The first-order valence-electron chi connectivity index (χ1n) is 15.6. The van der Waals surface area contributed by atoms with Crippen LogP contribution in [0.15, 0.2) is 115 Å². The summed E-state index contributed by atoms with van der Waals surface area (Å²) in [5.41, 5.74) is 3.09. The van der Waals surface area contributed by atoms with E-state index in [-0.39, 0.29) is 0 Å².